The van der Waals surface area contributed by atoms with Crippen LogP contribution in [0.2, 0.25) is 0 Å². The first-order chi connectivity index (χ1) is 10.2. The lowest BCUT2D eigenvalue weighted by molar-refractivity contribution is 0.559. The van der Waals surface area contributed by atoms with Crippen LogP contribution in [-0.4, -0.2) is 14.8 Å². The quantitative estimate of drug-likeness (QED) is 0.844. The molecule has 0 spiro atoms. The van der Waals surface area contributed by atoms with Crippen LogP contribution in [0.5, 0.6) is 0 Å². The lowest BCUT2D eigenvalue weighted by Crippen LogP contribution is -2.27. The maximum Gasteiger partial charge on any atom is 0.0743 e. The molecule has 3 nitrogen and oxygen atoms in total. The molecule has 0 aromatic carbocycles. The van der Waals surface area contributed by atoms with Crippen molar-refractivity contribution < 1.29 is 0 Å². The van der Waals surface area contributed by atoms with E-state index in [0.717, 1.165) is 36.0 Å². The average Bonchev–Trinajstić information content (AvgIpc) is 2.86. The van der Waals surface area contributed by atoms with Crippen LogP contribution in [-0.2, 0) is 6.54 Å². The smallest absolute Gasteiger partial charge is 0.0743 e. The molecule has 2 heterocycles. The molecule has 0 saturated heterocycles. The number of hydrogen-bond donors (Lipinski definition) is 0. The molecule has 21 heavy (non-hydrogen) atoms. The van der Waals surface area contributed by atoms with Gasteiger partial charge in [0.2, 0.25) is 0 Å². The van der Waals surface area contributed by atoms with Gasteiger partial charge in [0.15, 0.2) is 0 Å². The van der Waals surface area contributed by atoms with E-state index in [4.69, 9.17) is 4.98 Å². The van der Waals surface area contributed by atoms with Crippen molar-refractivity contribution in [3.8, 4) is 11.3 Å². The van der Waals surface area contributed by atoms with Crippen LogP contribution in [0.1, 0.15) is 45.7 Å². The van der Waals surface area contributed by atoms with E-state index in [9.17, 15) is 0 Å². The molecule has 0 fully saturated rings. The molecule has 0 aliphatic rings. The molecule has 0 amide bonds. The van der Waals surface area contributed by atoms with Gasteiger partial charge >= 0.3 is 0 Å². The van der Waals surface area contributed by atoms with Gasteiger partial charge in [-0.15, -0.1) is 0 Å². The highest BCUT2D eigenvalue weighted by Gasteiger charge is 2.09. The first-order valence-corrected chi connectivity index (χ1v) is 7.87. The summed E-state index contributed by atoms with van der Waals surface area (Å²) >= 11 is 0. The summed E-state index contributed by atoms with van der Waals surface area (Å²) in [6.45, 7) is 9.51. The van der Waals surface area contributed by atoms with Gasteiger partial charge in [-0.1, -0.05) is 38.5 Å². The highest BCUT2D eigenvalue weighted by Crippen LogP contribution is 2.19. The number of rotatable bonds is 5. The summed E-state index contributed by atoms with van der Waals surface area (Å²) in [6, 6.07) is 4.24. The van der Waals surface area contributed by atoms with E-state index < -0.39 is 0 Å². The van der Waals surface area contributed by atoms with E-state index in [1.807, 2.05) is 6.20 Å². The SMILES string of the molecule is C/C=c1/ccc(-c2cnn(CCCC)c2C)n/c1=C/CC. The predicted molar refractivity (Wildman–Crippen MR) is 89.2 cm³/mol. The molecule has 0 bridgehead atoms. The molecule has 0 saturated carbocycles. The summed E-state index contributed by atoms with van der Waals surface area (Å²) in [5.74, 6) is 0. The van der Waals surface area contributed by atoms with Crippen molar-refractivity contribution in [2.45, 2.75) is 53.5 Å². The second kappa shape index (κ2) is 7.21. The lowest BCUT2D eigenvalue weighted by Gasteiger charge is -2.04. The van der Waals surface area contributed by atoms with Gasteiger partial charge in [-0.25, -0.2) is 4.98 Å². The van der Waals surface area contributed by atoms with Crippen LogP contribution in [0, 0.1) is 6.92 Å². The standard InChI is InChI=1S/C18H25N3/c1-5-8-12-21-14(4)16(13-19-21)18-11-10-15(7-3)17(20-18)9-6-2/h7,9-11,13H,5-6,8,12H2,1-4H3/b15-7-,17-9+. The minimum atomic E-state index is 0.983. The zero-order valence-electron chi connectivity index (χ0n) is 13.6. The molecule has 2 aromatic rings. The number of nitrogens with zero attached hydrogens (tertiary/aromatic N) is 3. The molecule has 2 aromatic heterocycles. The fourth-order valence-corrected chi connectivity index (χ4v) is 2.47. The van der Waals surface area contributed by atoms with Crippen LogP contribution < -0.4 is 10.6 Å². The second-order valence-electron chi connectivity index (χ2n) is 5.29. The highest BCUT2D eigenvalue weighted by molar-refractivity contribution is 5.61. The average molecular weight is 283 g/mol. The van der Waals surface area contributed by atoms with Crippen LogP contribution in [0.3, 0.4) is 0 Å². The fraction of sp³-hybridized carbons (Fsp3) is 0.444. The Hall–Kier alpha value is -1.90. The number of pyridine rings is 1. The molecule has 0 atom stereocenters. The zero-order valence-corrected chi connectivity index (χ0v) is 13.6. The maximum atomic E-state index is 4.82. The van der Waals surface area contributed by atoms with E-state index in [2.05, 4.69) is 61.8 Å². The highest BCUT2D eigenvalue weighted by atomic mass is 15.3. The normalized spacial score (nSPS) is 13.1. The summed E-state index contributed by atoms with van der Waals surface area (Å²) in [7, 11) is 0. The van der Waals surface area contributed by atoms with E-state index in [1.165, 1.54) is 17.3 Å². The molecule has 0 N–H and O–H groups in total. The molecule has 0 aliphatic carbocycles. The third-order valence-corrected chi connectivity index (χ3v) is 3.77. The largest absolute Gasteiger partial charge is 0.269 e. The van der Waals surface area contributed by atoms with Gasteiger partial charge in [0.1, 0.15) is 0 Å². The Bertz CT molecular complexity index is 711. The number of aromatic nitrogens is 3. The van der Waals surface area contributed by atoms with Gasteiger partial charge in [-0.05, 0) is 38.0 Å². The van der Waals surface area contributed by atoms with Gasteiger partial charge in [0.05, 0.1) is 17.2 Å². The Balaban J connectivity index is 2.46. The maximum absolute atomic E-state index is 4.82. The minimum absolute atomic E-state index is 0.983. The summed E-state index contributed by atoms with van der Waals surface area (Å²) in [6.07, 6.45) is 9.56. The summed E-state index contributed by atoms with van der Waals surface area (Å²) in [5.41, 5.74) is 3.35. The minimum Gasteiger partial charge on any atom is -0.269 e. The van der Waals surface area contributed by atoms with Gasteiger partial charge in [-0.3, -0.25) is 4.68 Å². The molecule has 0 aliphatic heterocycles. The number of aryl methyl sites for hydroxylation is 1. The van der Waals surface area contributed by atoms with Crippen molar-refractivity contribution in [3.05, 3.63) is 34.6 Å². The Morgan fingerprint density at radius 3 is 2.71 bits per heavy atom. The van der Waals surface area contributed by atoms with E-state index >= 15 is 0 Å². The van der Waals surface area contributed by atoms with Crippen LogP contribution in [0.15, 0.2) is 18.3 Å². The molecule has 112 valence electrons. The number of unbranched alkanes of at least 4 members (excludes halogenated alkanes) is 1. The van der Waals surface area contributed by atoms with E-state index in [-0.39, 0.29) is 0 Å². The zero-order chi connectivity index (χ0) is 15.2. The first kappa shape index (κ1) is 15.5. The summed E-state index contributed by atoms with van der Waals surface area (Å²) < 4.78 is 2.09. The number of hydrogen-bond acceptors (Lipinski definition) is 2. The predicted octanol–water partition coefficient (Wildman–Crippen LogP) is 3.04. The first-order valence-electron chi connectivity index (χ1n) is 7.87. The molecule has 2 rings (SSSR count). The van der Waals surface area contributed by atoms with Crippen LogP contribution >= 0.6 is 0 Å². The van der Waals surface area contributed by atoms with Crippen molar-refractivity contribution in [3.63, 3.8) is 0 Å². The van der Waals surface area contributed by atoms with Gasteiger partial charge in [0.25, 0.3) is 0 Å². The summed E-state index contributed by atoms with van der Waals surface area (Å²) in [5, 5.41) is 6.77. The monoisotopic (exact) mass is 283 g/mol. The van der Waals surface area contributed by atoms with Crippen molar-refractivity contribution in [1.82, 2.24) is 14.8 Å². The Morgan fingerprint density at radius 2 is 2.05 bits per heavy atom. The van der Waals surface area contributed by atoms with Gasteiger partial charge < -0.3 is 0 Å². The van der Waals surface area contributed by atoms with Crippen molar-refractivity contribution in [2.75, 3.05) is 0 Å². The van der Waals surface area contributed by atoms with Gasteiger partial charge in [-0.2, -0.15) is 5.10 Å². The molecule has 3 heteroatoms. The van der Waals surface area contributed by atoms with E-state index in [0.29, 0.717) is 0 Å². The Kier molecular flexibility index (Phi) is 5.32. The fourth-order valence-electron chi connectivity index (χ4n) is 2.47. The Morgan fingerprint density at radius 1 is 1.24 bits per heavy atom. The van der Waals surface area contributed by atoms with Gasteiger partial charge in [0, 0.05) is 17.8 Å². The topological polar surface area (TPSA) is 30.7 Å². The summed E-state index contributed by atoms with van der Waals surface area (Å²) in [4.78, 5) is 4.82. The second-order valence-corrected chi connectivity index (χ2v) is 5.29. The molecule has 0 radical (unpaired) electrons. The third kappa shape index (κ3) is 3.41. The molecule has 0 unspecified atom stereocenters. The Labute approximate surface area is 127 Å². The molecular weight excluding hydrogens is 258 g/mol. The van der Waals surface area contributed by atoms with E-state index in [1.54, 1.807) is 0 Å². The van der Waals surface area contributed by atoms with Crippen molar-refractivity contribution in [2.24, 2.45) is 0 Å². The van der Waals surface area contributed by atoms with Crippen molar-refractivity contribution >= 4 is 12.2 Å². The third-order valence-electron chi connectivity index (χ3n) is 3.77. The van der Waals surface area contributed by atoms with Crippen LogP contribution in [0.25, 0.3) is 23.4 Å². The van der Waals surface area contributed by atoms with Crippen molar-refractivity contribution in [1.29, 1.82) is 0 Å². The molecular formula is C18H25N3. The lowest BCUT2D eigenvalue weighted by atomic mass is 10.1. The van der Waals surface area contributed by atoms with Crippen LogP contribution in [0.4, 0.5) is 0 Å².